The van der Waals surface area contributed by atoms with E-state index in [0.29, 0.717) is 28.4 Å². The Labute approximate surface area is 171 Å². The lowest BCUT2D eigenvalue weighted by atomic mass is 10.2. The molecule has 1 aromatic carbocycles. The Bertz CT molecular complexity index is 1260. The zero-order valence-electron chi connectivity index (χ0n) is 16.1. The first-order valence-electron chi connectivity index (χ1n) is 9.07. The fourth-order valence-electron chi connectivity index (χ4n) is 3.05. The monoisotopic (exact) mass is 402 g/mol. The quantitative estimate of drug-likeness (QED) is 0.488. The van der Waals surface area contributed by atoms with E-state index >= 15 is 0 Å². The molecule has 9 heteroatoms. The summed E-state index contributed by atoms with van der Waals surface area (Å²) in [5.41, 5.74) is 14.8. The molecule has 4 rings (SSSR count). The van der Waals surface area contributed by atoms with Crippen molar-refractivity contribution in [2.24, 2.45) is 5.73 Å². The third-order valence-corrected chi connectivity index (χ3v) is 4.47. The minimum absolute atomic E-state index is 0.126. The summed E-state index contributed by atoms with van der Waals surface area (Å²) in [6, 6.07) is 14.1. The highest BCUT2D eigenvalue weighted by molar-refractivity contribution is 5.93. The Kier molecular flexibility index (Phi) is 4.85. The Morgan fingerprint density at radius 1 is 1.07 bits per heavy atom. The first kappa shape index (κ1) is 19.1. The van der Waals surface area contributed by atoms with Crippen molar-refractivity contribution in [2.45, 2.75) is 13.5 Å². The van der Waals surface area contributed by atoms with E-state index in [9.17, 15) is 9.59 Å². The van der Waals surface area contributed by atoms with Gasteiger partial charge in [-0.15, -0.1) is 0 Å². The SMILES string of the molecule is CC(=O)OCc1ccc(-n2c(-c3cccnc3N)nc3ccc(C(N)=O)nc32)cc1. The van der Waals surface area contributed by atoms with Crippen LogP contribution in [0.1, 0.15) is 23.0 Å². The summed E-state index contributed by atoms with van der Waals surface area (Å²) < 4.78 is 6.82. The summed E-state index contributed by atoms with van der Waals surface area (Å²) in [5, 5.41) is 0. The minimum atomic E-state index is -0.635. The molecule has 150 valence electrons. The third kappa shape index (κ3) is 3.55. The molecule has 0 aliphatic carbocycles. The molecule has 0 saturated heterocycles. The van der Waals surface area contributed by atoms with Crippen LogP contribution in [0.4, 0.5) is 5.82 Å². The van der Waals surface area contributed by atoms with Crippen LogP contribution >= 0.6 is 0 Å². The maximum atomic E-state index is 11.7. The van der Waals surface area contributed by atoms with Crippen LogP contribution in [0.5, 0.6) is 0 Å². The number of nitrogens with two attached hydrogens (primary N) is 2. The normalized spacial score (nSPS) is 10.8. The molecule has 0 spiro atoms. The van der Waals surface area contributed by atoms with Crippen LogP contribution in [0.15, 0.2) is 54.7 Å². The number of carbonyl (C=O) groups is 2. The highest BCUT2D eigenvalue weighted by atomic mass is 16.5. The van der Waals surface area contributed by atoms with Gasteiger partial charge < -0.3 is 16.2 Å². The van der Waals surface area contributed by atoms with Gasteiger partial charge in [0, 0.05) is 18.8 Å². The molecule has 9 nitrogen and oxygen atoms in total. The van der Waals surface area contributed by atoms with Crippen molar-refractivity contribution >= 4 is 28.9 Å². The first-order valence-corrected chi connectivity index (χ1v) is 9.07. The van der Waals surface area contributed by atoms with Crippen LogP contribution in [0.3, 0.4) is 0 Å². The molecule has 4 N–H and O–H groups in total. The van der Waals surface area contributed by atoms with Crippen molar-refractivity contribution in [3.05, 3.63) is 66.0 Å². The molecule has 0 fully saturated rings. The van der Waals surface area contributed by atoms with Crippen molar-refractivity contribution in [3.63, 3.8) is 0 Å². The first-order chi connectivity index (χ1) is 14.4. The fourth-order valence-corrected chi connectivity index (χ4v) is 3.05. The number of nitrogen functional groups attached to an aromatic ring is 1. The number of ether oxygens (including phenoxy) is 1. The van der Waals surface area contributed by atoms with E-state index in [2.05, 4.69) is 15.0 Å². The van der Waals surface area contributed by atoms with Crippen molar-refractivity contribution in [1.82, 2.24) is 19.5 Å². The second-order valence-electron chi connectivity index (χ2n) is 6.56. The molecule has 0 aliphatic rings. The lowest BCUT2D eigenvalue weighted by Crippen LogP contribution is -2.13. The Morgan fingerprint density at radius 3 is 2.50 bits per heavy atom. The van der Waals surface area contributed by atoms with E-state index < -0.39 is 5.91 Å². The van der Waals surface area contributed by atoms with E-state index in [1.807, 2.05) is 30.3 Å². The van der Waals surface area contributed by atoms with Gasteiger partial charge in [-0.05, 0) is 42.0 Å². The van der Waals surface area contributed by atoms with Crippen LogP contribution in [0.2, 0.25) is 0 Å². The van der Waals surface area contributed by atoms with E-state index in [0.717, 1.165) is 11.3 Å². The molecule has 3 heterocycles. The summed E-state index contributed by atoms with van der Waals surface area (Å²) in [6.45, 7) is 1.53. The molecule has 0 radical (unpaired) electrons. The molecule has 0 atom stereocenters. The van der Waals surface area contributed by atoms with Crippen molar-refractivity contribution in [2.75, 3.05) is 5.73 Å². The Hall–Kier alpha value is -4.27. The van der Waals surface area contributed by atoms with Crippen LogP contribution in [-0.2, 0) is 16.1 Å². The van der Waals surface area contributed by atoms with Crippen LogP contribution < -0.4 is 11.5 Å². The molecule has 4 aromatic rings. The second-order valence-corrected chi connectivity index (χ2v) is 6.56. The van der Waals surface area contributed by atoms with Crippen LogP contribution in [0, 0.1) is 0 Å². The van der Waals surface area contributed by atoms with Gasteiger partial charge in [0.15, 0.2) is 11.5 Å². The maximum absolute atomic E-state index is 11.7. The average molecular weight is 402 g/mol. The highest BCUT2D eigenvalue weighted by Crippen LogP contribution is 2.30. The number of hydrogen-bond acceptors (Lipinski definition) is 7. The topological polar surface area (TPSA) is 139 Å². The number of primary amides is 1. The highest BCUT2D eigenvalue weighted by Gasteiger charge is 2.19. The molecular weight excluding hydrogens is 384 g/mol. The predicted molar refractivity (Wildman–Crippen MR) is 110 cm³/mol. The number of benzene rings is 1. The Morgan fingerprint density at radius 2 is 1.83 bits per heavy atom. The van der Waals surface area contributed by atoms with Gasteiger partial charge in [0.1, 0.15) is 23.6 Å². The lowest BCUT2D eigenvalue weighted by molar-refractivity contribution is -0.142. The summed E-state index contributed by atoms with van der Waals surface area (Å²) in [7, 11) is 0. The number of anilines is 1. The van der Waals surface area contributed by atoms with Gasteiger partial charge in [0.25, 0.3) is 5.91 Å². The number of imidazole rings is 1. The molecule has 0 aliphatic heterocycles. The Balaban J connectivity index is 1.90. The van der Waals surface area contributed by atoms with Crippen LogP contribution in [-0.4, -0.2) is 31.4 Å². The number of amides is 1. The van der Waals surface area contributed by atoms with E-state index in [1.165, 1.54) is 13.0 Å². The number of nitrogens with zero attached hydrogens (tertiary/aromatic N) is 4. The van der Waals surface area contributed by atoms with E-state index in [1.54, 1.807) is 22.9 Å². The van der Waals surface area contributed by atoms with E-state index in [-0.39, 0.29) is 18.3 Å². The summed E-state index contributed by atoms with van der Waals surface area (Å²) in [5.74, 6) is -0.144. The van der Waals surface area contributed by atoms with Crippen molar-refractivity contribution < 1.29 is 14.3 Å². The molecular formula is C21H18N6O3. The van der Waals surface area contributed by atoms with Gasteiger partial charge in [-0.2, -0.15) is 0 Å². The molecule has 30 heavy (non-hydrogen) atoms. The molecule has 3 aromatic heterocycles. The number of esters is 1. The smallest absolute Gasteiger partial charge is 0.302 e. The zero-order chi connectivity index (χ0) is 21.3. The summed E-state index contributed by atoms with van der Waals surface area (Å²) >= 11 is 0. The number of hydrogen-bond donors (Lipinski definition) is 2. The molecule has 0 saturated carbocycles. The van der Waals surface area contributed by atoms with Crippen molar-refractivity contribution in [3.8, 4) is 17.1 Å². The van der Waals surface area contributed by atoms with Gasteiger partial charge in [0.05, 0.1) is 5.56 Å². The minimum Gasteiger partial charge on any atom is -0.461 e. The number of aromatic nitrogens is 4. The molecule has 1 amide bonds. The standard InChI is InChI=1S/C21H18N6O3/c1-12(28)30-11-13-4-6-14(7-5-13)27-20(15-3-2-10-24-18(15)22)26-17-9-8-16(19(23)29)25-21(17)27/h2-10H,11H2,1H3,(H2,22,24)(H2,23,29). The van der Waals surface area contributed by atoms with Gasteiger partial charge >= 0.3 is 5.97 Å². The third-order valence-electron chi connectivity index (χ3n) is 4.47. The van der Waals surface area contributed by atoms with Gasteiger partial charge in [-0.25, -0.2) is 15.0 Å². The van der Waals surface area contributed by atoms with Gasteiger partial charge in [-0.1, -0.05) is 12.1 Å². The van der Waals surface area contributed by atoms with E-state index in [4.69, 9.17) is 16.2 Å². The number of carbonyl (C=O) groups excluding carboxylic acids is 2. The molecule has 0 bridgehead atoms. The summed E-state index contributed by atoms with van der Waals surface area (Å²) in [6.07, 6.45) is 1.60. The maximum Gasteiger partial charge on any atom is 0.302 e. The van der Waals surface area contributed by atoms with Gasteiger partial charge in [-0.3, -0.25) is 14.2 Å². The number of pyridine rings is 2. The zero-order valence-corrected chi connectivity index (χ0v) is 16.1. The number of fused-ring (bicyclic) bond motifs is 1. The second kappa shape index (κ2) is 7.63. The molecule has 0 unspecified atom stereocenters. The van der Waals surface area contributed by atoms with Gasteiger partial charge in [0.2, 0.25) is 0 Å². The number of rotatable bonds is 5. The summed E-state index contributed by atoms with van der Waals surface area (Å²) in [4.78, 5) is 35.9. The fraction of sp³-hybridized carbons (Fsp3) is 0.0952. The lowest BCUT2D eigenvalue weighted by Gasteiger charge is -2.11. The van der Waals surface area contributed by atoms with Crippen molar-refractivity contribution in [1.29, 1.82) is 0 Å². The van der Waals surface area contributed by atoms with Crippen LogP contribution in [0.25, 0.3) is 28.2 Å². The largest absolute Gasteiger partial charge is 0.461 e. The average Bonchev–Trinajstić information content (AvgIpc) is 3.11. The predicted octanol–water partition coefficient (Wildman–Crippen LogP) is 2.23.